The van der Waals surface area contributed by atoms with Gasteiger partial charge in [0.1, 0.15) is 0 Å². The molecule has 0 unspecified atom stereocenters. The Labute approximate surface area is 133 Å². The third-order valence-electron chi connectivity index (χ3n) is 3.60. The van der Waals surface area contributed by atoms with Crippen LogP contribution in [0.4, 0.5) is 0 Å². The number of benzene rings is 1. The topological polar surface area (TPSA) is 57.6 Å². The average Bonchev–Trinajstić information content (AvgIpc) is 2.46. The molecule has 22 heavy (non-hydrogen) atoms. The summed E-state index contributed by atoms with van der Waals surface area (Å²) >= 11 is 0. The summed E-state index contributed by atoms with van der Waals surface area (Å²) in [6.45, 7) is 9.27. The molecule has 1 N–H and O–H groups in total. The van der Waals surface area contributed by atoms with E-state index in [1.807, 2.05) is 33.8 Å². The first-order chi connectivity index (χ1) is 10.5. The molecule has 0 aliphatic heterocycles. The molecule has 0 aliphatic rings. The quantitative estimate of drug-likeness (QED) is 0.792. The van der Waals surface area contributed by atoms with Crippen LogP contribution in [0.15, 0.2) is 12.1 Å². The molecule has 4 heteroatoms. The van der Waals surface area contributed by atoms with Crippen LogP contribution in [-0.4, -0.2) is 35.0 Å². The maximum Gasteiger partial charge on any atom is 0.336 e. The fourth-order valence-corrected chi connectivity index (χ4v) is 2.76. The van der Waals surface area contributed by atoms with Crippen molar-refractivity contribution in [3.63, 3.8) is 0 Å². The van der Waals surface area contributed by atoms with E-state index < -0.39 is 5.97 Å². The average molecular weight is 305 g/mol. The van der Waals surface area contributed by atoms with Crippen LogP contribution in [0.2, 0.25) is 0 Å². The van der Waals surface area contributed by atoms with Crippen molar-refractivity contribution in [2.75, 3.05) is 13.1 Å². The van der Waals surface area contributed by atoms with E-state index in [2.05, 4.69) is 0 Å². The molecule has 0 aliphatic carbocycles. The predicted octanol–water partition coefficient (Wildman–Crippen LogP) is 3.91. The molecule has 0 aromatic heterocycles. The second-order valence-electron chi connectivity index (χ2n) is 5.69. The molecule has 122 valence electrons. The molecule has 1 rings (SSSR count). The van der Waals surface area contributed by atoms with E-state index in [0.717, 1.165) is 36.8 Å². The van der Waals surface area contributed by atoms with Crippen molar-refractivity contribution in [3.05, 3.63) is 34.4 Å². The number of carbonyl (C=O) groups excluding carboxylic acids is 1. The summed E-state index contributed by atoms with van der Waals surface area (Å²) in [5, 5.41) is 9.50. The van der Waals surface area contributed by atoms with Crippen molar-refractivity contribution in [2.45, 2.75) is 53.4 Å². The Bertz CT molecular complexity index is 531. The minimum Gasteiger partial charge on any atom is -0.478 e. The van der Waals surface area contributed by atoms with E-state index in [9.17, 15) is 14.7 Å². The summed E-state index contributed by atoms with van der Waals surface area (Å²) < 4.78 is 0. The molecule has 0 bridgehead atoms. The van der Waals surface area contributed by atoms with Crippen LogP contribution in [0.5, 0.6) is 0 Å². The number of amides is 1. The lowest BCUT2D eigenvalue weighted by Crippen LogP contribution is -2.34. The van der Waals surface area contributed by atoms with Crippen molar-refractivity contribution < 1.29 is 14.7 Å². The predicted molar refractivity (Wildman–Crippen MR) is 88.6 cm³/mol. The van der Waals surface area contributed by atoms with Crippen molar-refractivity contribution in [2.24, 2.45) is 0 Å². The molecule has 0 atom stereocenters. The van der Waals surface area contributed by atoms with Gasteiger partial charge in [0.05, 0.1) is 11.1 Å². The Morgan fingerprint density at radius 3 is 2.09 bits per heavy atom. The van der Waals surface area contributed by atoms with Crippen LogP contribution < -0.4 is 0 Å². The number of hydrogen-bond acceptors (Lipinski definition) is 2. The van der Waals surface area contributed by atoms with Gasteiger partial charge in [-0.15, -0.1) is 0 Å². The number of aryl methyl sites for hydroxylation is 2. The molecule has 1 aromatic carbocycles. The molecule has 0 radical (unpaired) electrons. The maximum absolute atomic E-state index is 12.9. The third-order valence-corrected chi connectivity index (χ3v) is 3.60. The Morgan fingerprint density at radius 2 is 1.64 bits per heavy atom. The summed E-state index contributed by atoms with van der Waals surface area (Å²) in [5.74, 6) is -1.18. The lowest BCUT2D eigenvalue weighted by atomic mass is 9.94. The van der Waals surface area contributed by atoms with E-state index in [1.54, 1.807) is 11.0 Å². The first-order valence-electron chi connectivity index (χ1n) is 8.12. The monoisotopic (exact) mass is 305 g/mol. The first-order valence-corrected chi connectivity index (χ1v) is 8.12. The summed E-state index contributed by atoms with van der Waals surface area (Å²) in [6.07, 6.45) is 3.33. The van der Waals surface area contributed by atoms with Crippen LogP contribution in [0.25, 0.3) is 0 Å². The fourth-order valence-electron chi connectivity index (χ4n) is 2.76. The van der Waals surface area contributed by atoms with Crippen LogP contribution in [0, 0.1) is 6.92 Å². The highest BCUT2D eigenvalue weighted by molar-refractivity contribution is 6.06. The number of carbonyl (C=O) groups is 2. The smallest absolute Gasteiger partial charge is 0.336 e. The summed E-state index contributed by atoms with van der Waals surface area (Å²) in [6, 6.07) is 3.55. The number of carboxylic acids is 1. The molecular weight excluding hydrogens is 278 g/mol. The van der Waals surface area contributed by atoms with E-state index in [0.29, 0.717) is 18.7 Å². The van der Waals surface area contributed by atoms with Gasteiger partial charge in [-0.25, -0.2) is 4.79 Å². The Kier molecular flexibility index (Phi) is 7.09. The molecule has 0 fully saturated rings. The SMILES string of the molecule is CCCc1cc(C)cc(C(=O)O)c1C(=O)N(CCC)CCC. The highest BCUT2D eigenvalue weighted by Crippen LogP contribution is 2.22. The van der Waals surface area contributed by atoms with Crippen molar-refractivity contribution >= 4 is 11.9 Å². The number of rotatable bonds is 8. The number of aromatic carboxylic acids is 1. The molecule has 1 aromatic rings. The van der Waals surface area contributed by atoms with E-state index >= 15 is 0 Å². The highest BCUT2D eigenvalue weighted by atomic mass is 16.4. The molecule has 1 amide bonds. The molecular formula is C18H27NO3. The van der Waals surface area contributed by atoms with Crippen LogP contribution >= 0.6 is 0 Å². The van der Waals surface area contributed by atoms with Gasteiger partial charge in [-0.3, -0.25) is 4.79 Å². The lowest BCUT2D eigenvalue weighted by Gasteiger charge is -2.24. The number of nitrogens with zero attached hydrogens (tertiary/aromatic N) is 1. The van der Waals surface area contributed by atoms with Crippen molar-refractivity contribution in [3.8, 4) is 0 Å². The fraction of sp³-hybridized carbons (Fsp3) is 0.556. The molecule has 0 spiro atoms. The van der Waals surface area contributed by atoms with E-state index in [4.69, 9.17) is 0 Å². The molecule has 4 nitrogen and oxygen atoms in total. The van der Waals surface area contributed by atoms with Gasteiger partial charge in [0.2, 0.25) is 0 Å². The second-order valence-corrected chi connectivity index (χ2v) is 5.69. The van der Waals surface area contributed by atoms with E-state index in [1.165, 1.54) is 0 Å². The van der Waals surface area contributed by atoms with Gasteiger partial charge >= 0.3 is 5.97 Å². The zero-order valence-electron chi connectivity index (χ0n) is 14.1. The van der Waals surface area contributed by atoms with Gasteiger partial charge in [-0.2, -0.15) is 0 Å². The summed E-state index contributed by atoms with van der Waals surface area (Å²) in [4.78, 5) is 26.3. The molecule has 0 saturated carbocycles. The Hall–Kier alpha value is -1.84. The van der Waals surface area contributed by atoms with Gasteiger partial charge in [0, 0.05) is 13.1 Å². The number of carboxylic acid groups (broad SMARTS) is 1. The van der Waals surface area contributed by atoms with Crippen LogP contribution in [-0.2, 0) is 6.42 Å². The Morgan fingerprint density at radius 1 is 1.05 bits per heavy atom. The highest BCUT2D eigenvalue weighted by Gasteiger charge is 2.24. The first kappa shape index (κ1) is 18.2. The third kappa shape index (κ3) is 4.33. The molecule has 0 heterocycles. The zero-order chi connectivity index (χ0) is 16.7. The maximum atomic E-state index is 12.9. The van der Waals surface area contributed by atoms with Crippen molar-refractivity contribution in [1.29, 1.82) is 0 Å². The number of hydrogen-bond donors (Lipinski definition) is 1. The van der Waals surface area contributed by atoms with Crippen LogP contribution in [0.3, 0.4) is 0 Å². The zero-order valence-corrected chi connectivity index (χ0v) is 14.1. The van der Waals surface area contributed by atoms with Gasteiger partial charge in [-0.05, 0) is 43.4 Å². The second kappa shape index (κ2) is 8.57. The van der Waals surface area contributed by atoms with Crippen LogP contribution in [0.1, 0.15) is 71.9 Å². The van der Waals surface area contributed by atoms with Gasteiger partial charge < -0.3 is 10.0 Å². The Balaban J connectivity index is 3.40. The standard InChI is InChI=1S/C18H27NO3/c1-5-8-14-11-13(4)12-15(18(21)22)16(14)17(20)19(9-6-2)10-7-3/h11-12H,5-10H2,1-4H3,(H,21,22). The lowest BCUT2D eigenvalue weighted by molar-refractivity contribution is 0.0674. The summed E-state index contributed by atoms with van der Waals surface area (Å²) in [7, 11) is 0. The van der Waals surface area contributed by atoms with Gasteiger partial charge in [0.25, 0.3) is 5.91 Å². The molecule has 0 saturated heterocycles. The minimum absolute atomic E-state index is 0.130. The minimum atomic E-state index is -1.03. The van der Waals surface area contributed by atoms with E-state index in [-0.39, 0.29) is 11.5 Å². The normalized spacial score (nSPS) is 10.5. The van der Waals surface area contributed by atoms with Gasteiger partial charge in [0.15, 0.2) is 0 Å². The van der Waals surface area contributed by atoms with Gasteiger partial charge in [-0.1, -0.05) is 33.3 Å². The largest absolute Gasteiger partial charge is 0.478 e. The van der Waals surface area contributed by atoms with Crippen molar-refractivity contribution in [1.82, 2.24) is 4.90 Å². The summed E-state index contributed by atoms with van der Waals surface area (Å²) in [5.41, 5.74) is 2.24.